The van der Waals surface area contributed by atoms with E-state index in [1.165, 1.54) is 0 Å². The maximum absolute atomic E-state index is 13.1. The minimum atomic E-state index is -0.637. The average Bonchev–Trinajstić information content (AvgIpc) is 2.74. The lowest BCUT2D eigenvalue weighted by Gasteiger charge is -2.29. The molecular weight excluding hydrogens is 480 g/mol. The molecule has 1 N–H and O–H groups in total. The van der Waals surface area contributed by atoms with Gasteiger partial charge in [-0.3, -0.25) is 9.59 Å². The fourth-order valence-electron chi connectivity index (χ4n) is 3.05. The zero-order valence-electron chi connectivity index (χ0n) is 18.7. The Morgan fingerprint density at radius 3 is 2.26 bits per heavy atom. The molecule has 2 aromatic carbocycles. The smallest absolute Gasteiger partial charge is 0.261 e. The van der Waals surface area contributed by atoms with Gasteiger partial charge in [0.05, 0.1) is 0 Å². The largest absolute Gasteiger partial charge is 0.484 e. The van der Waals surface area contributed by atoms with Crippen molar-refractivity contribution in [3.8, 4) is 5.75 Å². The summed E-state index contributed by atoms with van der Waals surface area (Å²) in [4.78, 5) is 27.4. The summed E-state index contributed by atoms with van der Waals surface area (Å²) in [5, 5.41) is 3.64. The highest BCUT2D eigenvalue weighted by Gasteiger charge is 2.27. The number of rotatable bonds is 9. The molecule has 0 radical (unpaired) electrons. The van der Waals surface area contributed by atoms with E-state index in [4.69, 9.17) is 16.3 Å². The van der Waals surface area contributed by atoms with E-state index in [1.807, 2.05) is 52.0 Å². The molecule has 31 heavy (non-hydrogen) atoms. The highest BCUT2D eigenvalue weighted by molar-refractivity contribution is 9.10. The third-order valence-electron chi connectivity index (χ3n) is 5.21. The number of carbonyl (C=O) groups excluding carboxylic acids is 2. The normalized spacial score (nSPS) is 12.7. The number of nitrogens with one attached hydrogen (secondary N) is 1. The number of ether oxygens (including phenoxy) is 1. The Bertz CT molecular complexity index is 895. The van der Waals surface area contributed by atoms with Crippen LogP contribution in [0.25, 0.3) is 0 Å². The number of carbonyl (C=O) groups is 2. The lowest BCUT2D eigenvalue weighted by molar-refractivity contribution is -0.142. The number of nitrogens with zero attached hydrogens (tertiary/aromatic N) is 1. The van der Waals surface area contributed by atoms with Gasteiger partial charge in [0.15, 0.2) is 6.61 Å². The van der Waals surface area contributed by atoms with E-state index in [9.17, 15) is 9.59 Å². The molecule has 0 saturated carbocycles. The van der Waals surface area contributed by atoms with Crippen LogP contribution in [-0.4, -0.2) is 35.4 Å². The Labute approximate surface area is 198 Å². The van der Waals surface area contributed by atoms with Crippen LogP contribution in [0.4, 0.5) is 0 Å². The second-order valence-corrected chi connectivity index (χ2v) is 9.10. The third kappa shape index (κ3) is 7.25. The first-order valence-corrected chi connectivity index (χ1v) is 11.5. The van der Waals surface area contributed by atoms with Crippen LogP contribution in [0.5, 0.6) is 5.75 Å². The van der Waals surface area contributed by atoms with Crippen molar-refractivity contribution in [2.24, 2.45) is 0 Å². The van der Waals surface area contributed by atoms with E-state index >= 15 is 0 Å². The fraction of sp³-hybridized carbons (Fsp3) is 0.417. The van der Waals surface area contributed by atoms with Gasteiger partial charge < -0.3 is 15.0 Å². The number of benzene rings is 2. The van der Waals surface area contributed by atoms with Crippen molar-refractivity contribution in [2.75, 3.05) is 6.61 Å². The van der Waals surface area contributed by atoms with Crippen molar-refractivity contribution in [1.29, 1.82) is 0 Å². The lowest BCUT2D eigenvalue weighted by Crippen LogP contribution is -2.50. The highest BCUT2D eigenvalue weighted by atomic mass is 79.9. The lowest BCUT2D eigenvalue weighted by atomic mass is 10.1. The maximum Gasteiger partial charge on any atom is 0.261 e. The Kier molecular flexibility index (Phi) is 9.38. The molecule has 2 atom stereocenters. The average molecular weight is 510 g/mol. The molecule has 5 nitrogen and oxygen atoms in total. The van der Waals surface area contributed by atoms with Crippen molar-refractivity contribution in [1.82, 2.24) is 10.2 Å². The van der Waals surface area contributed by atoms with Gasteiger partial charge in [-0.05, 0) is 75.1 Å². The van der Waals surface area contributed by atoms with Crippen LogP contribution in [0, 0.1) is 13.8 Å². The molecule has 168 valence electrons. The van der Waals surface area contributed by atoms with Gasteiger partial charge in [-0.15, -0.1) is 0 Å². The fourth-order valence-corrected chi connectivity index (χ4v) is 3.43. The minimum absolute atomic E-state index is 0.0378. The van der Waals surface area contributed by atoms with Crippen molar-refractivity contribution >= 4 is 39.3 Å². The molecule has 0 bridgehead atoms. The molecule has 7 heteroatoms. The molecule has 2 rings (SSSR count). The van der Waals surface area contributed by atoms with Crippen LogP contribution < -0.4 is 10.1 Å². The third-order valence-corrected chi connectivity index (χ3v) is 6.33. The van der Waals surface area contributed by atoms with Crippen molar-refractivity contribution < 1.29 is 14.3 Å². The summed E-state index contributed by atoms with van der Waals surface area (Å²) in [6.07, 6.45) is 0.817. The summed E-state index contributed by atoms with van der Waals surface area (Å²) in [6.45, 7) is 9.62. The zero-order valence-corrected chi connectivity index (χ0v) is 21.0. The predicted molar refractivity (Wildman–Crippen MR) is 128 cm³/mol. The van der Waals surface area contributed by atoms with Gasteiger partial charge in [0.2, 0.25) is 5.91 Å². The topological polar surface area (TPSA) is 58.6 Å². The molecular formula is C24H30BrClN2O3. The monoisotopic (exact) mass is 508 g/mol. The van der Waals surface area contributed by atoms with Gasteiger partial charge in [-0.25, -0.2) is 0 Å². The number of aryl methyl sites for hydroxylation is 2. The summed E-state index contributed by atoms with van der Waals surface area (Å²) in [5.41, 5.74) is 2.70. The molecule has 0 aliphatic carbocycles. The van der Waals surface area contributed by atoms with Gasteiger partial charge in [0.25, 0.3) is 5.91 Å². The molecule has 0 aromatic heterocycles. The highest BCUT2D eigenvalue weighted by Crippen LogP contribution is 2.26. The molecule has 0 aliphatic rings. The Hall–Kier alpha value is -2.05. The summed E-state index contributed by atoms with van der Waals surface area (Å²) in [7, 11) is 0. The SMILES string of the molecule is CC[C@@H](C)NC(=O)[C@@H](C)N(Cc1ccc(Br)cc1)C(=O)COc1cc(C)c(Cl)c(C)c1. The predicted octanol–water partition coefficient (Wildman–Crippen LogP) is 5.43. The number of hydrogen-bond donors (Lipinski definition) is 1. The van der Waals surface area contributed by atoms with Gasteiger partial charge >= 0.3 is 0 Å². The van der Waals surface area contributed by atoms with Crippen LogP contribution in [0.1, 0.15) is 43.9 Å². The number of amides is 2. The summed E-state index contributed by atoms with van der Waals surface area (Å²) in [5.74, 6) is 0.131. The van der Waals surface area contributed by atoms with Crippen LogP contribution in [0.15, 0.2) is 40.9 Å². The van der Waals surface area contributed by atoms with Gasteiger partial charge in [0, 0.05) is 22.1 Å². The Morgan fingerprint density at radius 2 is 1.71 bits per heavy atom. The quantitative estimate of drug-likeness (QED) is 0.490. The molecule has 0 fully saturated rings. The van der Waals surface area contributed by atoms with E-state index in [1.54, 1.807) is 24.0 Å². The molecule has 0 heterocycles. The molecule has 0 aliphatic heterocycles. The second kappa shape index (κ2) is 11.5. The van der Waals surface area contributed by atoms with E-state index in [0.29, 0.717) is 17.3 Å². The van der Waals surface area contributed by atoms with E-state index in [0.717, 1.165) is 27.6 Å². The van der Waals surface area contributed by atoms with Crippen LogP contribution >= 0.6 is 27.5 Å². The first-order chi connectivity index (χ1) is 14.6. The minimum Gasteiger partial charge on any atom is -0.484 e. The van der Waals surface area contributed by atoms with Gasteiger partial charge in [-0.2, -0.15) is 0 Å². The molecule has 0 spiro atoms. The maximum atomic E-state index is 13.1. The summed E-state index contributed by atoms with van der Waals surface area (Å²) < 4.78 is 6.72. The molecule has 2 amide bonds. The van der Waals surface area contributed by atoms with Crippen LogP contribution in [-0.2, 0) is 16.1 Å². The first kappa shape index (κ1) is 25.2. The standard InChI is InChI=1S/C24H30BrClN2O3/c1-6-17(4)27-24(30)18(5)28(13-19-7-9-20(25)10-8-19)22(29)14-31-21-11-15(2)23(26)16(3)12-21/h7-12,17-18H,6,13-14H2,1-5H3,(H,27,30)/t17-,18-/m1/s1. The van der Waals surface area contributed by atoms with E-state index < -0.39 is 6.04 Å². The molecule has 0 unspecified atom stereocenters. The van der Waals surface area contributed by atoms with Crippen molar-refractivity contribution in [2.45, 2.75) is 59.7 Å². The van der Waals surface area contributed by atoms with Crippen LogP contribution in [0.3, 0.4) is 0 Å². The Balaban J connectivity index is 2.18. The number of halogens is 2. The van der Waals surface area contributed by atoms with E-state index in [-0.39, 0.29) is 24.5 Å². The van der Waals surface area contributed by atoms with Crippen molar-refractivity contribution in [3.05, 3.63) is 62.6 Å². The Morgan fingerprint density at radius 1 is 1.13 bits per heavy atom. The van der Waals surface area contributed by atoms with Gasteiger partial charge in [0.1, 0.15) is 11.8 Å². The van der Waals surface area contributed by atoms with Gasteiger partial charge in [-0.1, -0.05) is 46.6 Å². The zero-order chi connectivity index (χ0) is 23.1. The first-order valence-electron chi connectivity index (χ1n) is 10.4. The molecule has 2 aromatic rings. The summed E-state index contributed by atoms with van der Waals surface area (Å²) >= 11 is 9.64. The van der Waals surface area contributed by atoms with Crippen LogP contribution in [0.2, 0.25) is 5.02 Å². The van der Waals surface area contributed by atoms with Crippen molar-refractivity contribution in [3.63, 3.8) is 0 Å². The number of hydrogen-bond acceptors (Lipinski definition) is 3. The molecule has 0 saturated heterocycles. The van der Waals surface area contributed by atoms with E-state index in [2.05, 4.69) is 21.2 Å². The second-order valence-electron chi connectivity index (χ2n) is 7.80. The summed E-state index contributed by atoms with van der Waals surface area (Å²) in [6, 6.07) is 10.7.